The lowest BCUT2D eigenvalue weighted by atomic mass is 10.1. The van der Waals surface area contributed by atoms with Crippen LogP contribution in [0.15, 0.2) is 71.6 Å². The topological polar surface area (TPSA) is 67.9 Å². The van der Waals surface area contributed by atoms with Gasteiger partial charge in [0.05, 0.1) is 12.0 Å². The Morgan fingerprint density at radius 2 is 1.66 bits per heavy atom. The minimum absolute atomic E-state index is 0.256. The lowest BCUT2D eigenvalue weighted by Crippen LogP contribution is -2.44. The summed E-state index contributed by atoms with van der Waals surface area (Å²) in [6.45, 7) is 4.39. The van der Waals surface area contributed by atoms with Crippen molar-refractivity contribution in [3.8, 4) is 11.5 Å². The van der Waals surface area contributed by atoms with Gasteiger partial charge in [-0.1, -0.05) is 65.4 Å². The van der Waals surface area contributed by atoms with Crippen LogP contribution in [-0.4, -0.2) is 28.3 Å². The molecule has 6 nitrogen and oxygen atoms in total. The van der Waals surface area contributed by atoms with Gasteiger partial charge in [0.2, 0.25) is 0 Å². The average Bonchev–Trinajstić information content (AvgIpc) is 3.11. The largest absolute Gasteiger partial charge is 0.493 e. The second-order valence-corrected chi connectivity index (χ2v) is 9.68. The Balaban J connectivity index is 1.46. The lowest BCUT2D eigenvalue weighted by Gasteiger charge is -2.15. The van der Waals surface area contributed by atoms with E-state index in [0.29, 0.717) is 28.6 Å². The Kier molecular flexibility index (Phi) is 7.53. The van der Waals surface area contributed by atoms with Crippen molar-refractivity contribution in [2.75, 3.05) is 7.11 Å². The van der Waals surface area contributed by atoms with Crippen LogP contribution in [0.25, 0.3) is 6.08 Å². The summed E-state index contributed by atoms with van der Waals surface area (Å²) < 4.78 is 11.7. The number of aryl methyl sites for hydroxylation is 2. The monoisotopic (exact) mass is 504 g/mol. The van der Waals surface area contributed by atoms with Crippen molar-refractivity contribution < 1.29 is 19.1 Å². The van der Waals surface area contributed by atoms with Crippen molar-refractivity contribution in [2.24, 2.45) is 0 Å². The van der Waals surface area contributed by atoms with E-state index >= 15 is 0 Å². The van der Waals surface area contributed by atoms with Gasteiger partial charge in [0.15, 0.2) is 15.8 Å². The third-order valence-corrected chi connectivity index (χ3v) is 6.62. The van der Waals surface area contributed by atoms with Crippen molar-refractivity contribution >= 4 is 46.2 Å². The van der Waals surface area contributed by atoms with Gasteiger partial charge >= 0.3 is 0 Å². The van der Waals surface area contributed by atoms with E-state index in [1.807, 2.05) is 56.3 Å². The van der Waals surface area contributed by atoms with E-state index < -0.39 is 5.91 Å². The molecule has 0 bridgehead atoms. The molecule has 0 saturated carbocycles. The van der Waals surface area contributed by atoms with E-state index in [1.165, 1.54) is 5.56 Å². The second-order valence-electron chi connectivity index (χ2n) is 8.01. The molecular formula is C27H24N2O4S2. The number of hydrogen-bond acceptors (Lipinski definition) is 6. The molecule has 0 aliphatic carbocycles. The molecule has 1 saturated heterocycles. The van der Waals surface area contributed by atoms with Gasteiger partial charge < -0.3 is 9.47 Å². The number of nitrogens with one attached hydrogen (secondary N) is 1. The maximum atomic E-state index is 12.9. The smallest absolute Gasteiger partial charge is 0.285 e. The van der Waals surface area contributed by atoms with Crippen LogP contribution in [0.1, 0.15) is 32.6 Å². The molecule has 4 rings (SSSR count). The van der Waals surface area contributed by atoms with Crippen LogP contribution in [0, 0.1) is 13.8 Å². The van der Waals surface area contributed by atoms with Gasteiger partial charge in [0.25, 0.3) is 11.8 Å². The van der Waals surface area contributed by atoms with Gasteiger partial charge in [0, 0.05) is 5.56 Å². The maximum absolute atomic E-state index is 12.9. The Morgan fingerprint density at radius 3 is 2.31 bits per heavy atom. The molecule has 0 unspecified atom stereocenters. The van der Waals surface area contributed by atoms with Gasteiger partial charge in [-0.25, -0.2) is 0 Å². The molecule has 1 aliphatic rings. The number of hydrogen-bond donors (Lipinski definition) is 1. The summed E-state index contributed by atoms with van der Waals surface area (Å²) in [6, 6.07) is 20.6. The SMILES string of the molecule is COc1cc(/C=C2\SC(=S)N(NC(=O)c3ccc(C)cc3)C2=O)ccc1OCc1ccc(C)cc1. The number of hydrazine groups is 1. The number of benzene rings is 3. The molecule has 0 spiro atoms. The average molecular weight is 505 g/mol. The first-order chi connectivity index (χ1) is 16.8. The van der Waals surface area contributed by atoms with E-state index in [2.05, 4.69) is 5.43 Å². The molecule has 3 aromatic carbocycles. The van der Waals surface area contributed by atoms with E-state index in [4.69, 9.17) is 21.7 Å². The number of nitrogens with zero attached hydrogens (tertiary/aromatic N) is 1. The maximum Gasteiger partial charge on any atom is 0.285 e. The summed E-state index contributed by atoms with van der Waals surface area (Å²) in [4.78, 5) is 25.9. The van der Waals surface area contributed by atoms with Gasteiger partial charge in [-0.2, -0.15) is 5.01 Å². The highest BCUT2D eigenvalue weighted by Crippen LogP contribution is 2.34. The van der Waals surface area contributed by atoms with Crippen molar-refractivity contribution in [3.63, 3.8) is 0 Å². The fourth-order valence-corrected chi connectivity index (χ4v) is 4.50. The zero-order chi connectivity index (χ0) is 24.9. The Hall–Kier alpha value is -3.62. The van der Waals surface area contributed by atoms with Gasteiger partial charge in [0.1, 0.15) is 6.61 Å². The van der Waals surface area contributed by atoms with Crippen molar-refractivity contribution in [2.45, 2.75) is 20.5 Å². The predicted molar refractivity (Wildman–Crippen MR) is 142 cm³/mol. The van der Waals surface area contributed by atoms with Gasteiger partial charge in [-0.15, -0.1) is 0 Å². The van der Waals surface area contributed by atoms with Crippen LogP contribution in [0.4, 0.5) is 0 Å². The number of amides is 2. The number of rotatable bonds is 7. The highest BCUT2D eigenvalue weighted by atomic mass is 32.2. The van der Waals surface area contributed by atoms with Crippen LogP contribution in [-0.2, 0) is 11.4 Å². The molecule has 8 heteroatoms. The molecule has 1 heterocycles. The predicted octanol–water partition coefficient (Wildman–Crippen LogP) is 5.44. The first-order valence-corrected chi connectivity index (χ1v) is 12.1. The molecule has 0 aromatic heterocycles. The number of carbonyl (C=O) groups excluding carboxylic acids is 2. The molecule has 178 valence electrons. The zero-order valence-corrected chi connectivity index (χ0v) is 21.2. The number of thiocarbonyl (C=S) groups is 1. The number of carbonyl (C=O) groups is 2. The summed E-state index contributed by atoms with van der Waals surface area (Å²) in [5.74, 6) is 0.357. The summed E-state index contributed by atoms with van der Waals surface area (Å²) in [5, 5.41) is 1.10. The standard InChI is InChI=1S/C27H24N2O4S2/c1-17-4-8-19(9-5-17)16-33-22-13-10-20(14-23(22)32-3)15-24-26(31)29(27(34)35-24)28-25(30)21-11-6-18(2)7-12-21/h4-15H,16H2,1-3H3,(H,28,30)/b24-15-. The summed E-state index contributed by atoms with van der Waals surface area (Å²) in [7, 11) is 1.57. The highest BCUT2D eigenvalue weighted by molar-refractivity contribution is 8.26. The normalized spacial score (nSPS) is 14.4. The van der Waals surface area contributed by atoms with Crippen LogP contribution >= 0.6 is 24.0 Å². The molecule has 35 heavy (non-hydrogen) atoms. The fourth-order valence-electron chi connectivity index (χ4n) is 3.33. The molecular weight excluding hydrogens is 480 g/mol. The van der Waals surface area contributed by atoms with E-state index in [-0.39, 0.29) is 10.2 Å². The van der Waals surface area contributed by atoms with Crippen LogP contribution in [0.2, 0.25) is 0 Å². The van der Waals surface area contributed by atoms with Crippen LogP contribution < -0.4 is 14.9 Å². The minimum Gasteiger partial charge on any atom is -0.493 e. The van der Waals surface area contributed by atoms with Crippen LogP contribution in [0.3, 0.4) is 0 Å². The second kappa shape index (κ2) is 10.8. The first-order valence-electron chi connectivity index (χ1n) is 10.9. The Morgan fingerprint density at radius 1 is 1.00 bits per heavy atom. The van der Waals surface area contributed by atoms with E-state index in [0.717, 1.165) is 33.5 Å². The molecule has 1 fully saturated rings. The van der Waals surface area contributed by atoms with Gasteiger partial charge in [-0.3, -0.25) is 15.0 Å². The molecule has 1 N–H and O–H groups in total. The summed E-state index contributed by atoms with van der Waals surface area (Å²) >= 11 is 6.45. The fraction of sp³-hybridized carbons (Fsp3) is 0.148. The lowest BCUT2D eigenvalue weighted by molar-refractivity contribution is -0.123. The molecule has 3 aromatic rings. The van der Waals surface area contributed by atoms with Crippen molar-refractivity contribution in [3.05, 3.63) is 99.5 Å². The Labute approximate surface area is 213 Å². The number of ether oxygens (including phenoxy) is 2. The molecule has 0 radical (unpaired) electrons. The molecule has 1 aliphatic heterocycles. The summed E-state index contributed by atoms with van der Waals surface area (Å²) in [5.41, 5.74) is 7.07. The minimum atomic E-state index is -0.403. The zero-order valence-electron chi connectivity index (χ0n) is 19.5. The molecule has 2 amide bonds. The first kappa shape index (κ1) is 24.5. The van der Waals surface area contributed by atoms with E-state index in [1.54, 1.807) is 37.5 Å². The van der Waals surface area contributed by atoms with E-state index in [9.17, 15) is 9.59 Å². The molecule has 0 atom stereocenters. The van der Waals surface area contributed by atoms with Crippen LogP contribution in [0.5, 0.6) is 11.5 Å². The van der Waals surface area contributed by atoms with Gasteiger partial charge in [-0.05, 0) is 67.5 Å². The third kappa shape index (κ3) is 5.90. The number of thioether (sulfide) groups is 1. The highest BCUT2D eigenvalue weighted by Gasteiger charge is 2.33. The number of methoxy groups -OCH3 is 1. The third-order valence-electron chi connectivity index (χ3n) is 5.32. The summed E-state index contributed by atoms with van der Waals surface area (Å²) in [6.07, 6.45) is 1.71. The quantitative estimate of drug-likeness (QED) is 0.342. The van der Waals surface area contributed by atoms with Crippen molar-refractivity contribution in [1.82, 2.24) is 10.4 Å². The Bertz CT molecular complexity index is 1300. The van der Waals surface area contributed by atoms with Crippen molar-refractivity contribution in [1.29, 1.82) is 0 Å².